The molecule has 1 aromatic carbocycles. The van der Waals surface area contributed by atoms with Crippen molar-refractivity contribution in [1.29, 1.82) is 0 Å². The van der Waals surface area contributed by atoms with Gasteiger partial charge in [-0.1, -0.05) is 0 Å². The van der Waals surface area contributed by atoms with E-state index in [9.17, 15) is 16.8 Å². The molecule has 0 aliphatic heterocycles. The van der Waals surface area contributed by atoms with Gasteiger partial charge in [-0.2, -0.15) is 0 Å². The number of ether oxygens (including phenoxy) is 1. The van der Waals surface area contributed by atoms with Gasteiger partial charge < -0.3 is 4.74 Å². The minimum atomic E-state index is -3.77. The first-order valence-electron chi connectivity index (χ1n) is 4.43. The molecule has 0 N–H and O–H groups in total. The highest BCUT2D eigenvalue weighted by molar-refractivity contribution is 8.13. The number of methoxy groups -OCH3 is 1. The van der Waals surface area contributed by atoms with E-state index >= 15 is 0 Å². The van der Waals surface area contributed by atoms with E-state index in [0.29, 0.717) is 0 Å². The lowest BCUT2D eigenvalue weighted by Crippen LogP contribution is -2.03. The molecule has 0 radical (unpaired) electrons. The van der Waals surface area contributed by atoms with Gasteiger partial charge in [0.2, 0.25) is 9.05 Å². The van der Waals surface area contributed by atoms with E-state index in [1.807, 2.05) is 0 Å². The van der Waals surface area contributed by atoms with E-state index in [1.165, 1.54) is 25.3 Å². The van der Waals surface area contributed by atoms with Crippen LogP contribution in [0.2, 0.25) is 0 Å². The lowest BCUT2D eigenvalue weighted by molar-refractivity contribution is 0.410. The Bertz CT molecular complexity index is 619. The average Bonchev–Trinajstić information content (AvgIpc) is 2.13. The molecule has 8 heteroatoms. The Kier molecular flexibility index (Phi) is 4.06. The second-order valence-electron chi connectivity index (χ2n) is 3.43. The summed E-state index contributed by atoms with van der Waals surface area (Å²) in [7, 11) is -0.683. The summed E-state index contributed by atoms with van der Waals surface area (Å²) in [6.45, 7) is 0. The lowest BCUT2D eigenvalue weighted by Gasteiger charge is -2.08. The van der Waals surface area contributed by atoms with E-state index in [2.05, 4.69) is 0 Å². The van der Waals surface area contributed by atoms with Crippen molar-refractivity contribution in [2.75, 3.05) is 13.4 Å². The Labute approximate surface area is 105 Å². The Morgan fingerprint density at radius 1 is 1.24 bits per heavy atom. The van der Waals surface area contributed by atoms with Crippen molar-refractivity contribution < 1.29 is 21.6 Å². The standard InChI is InChI=1S/C9H11ClO5S2/c1-15-9-4-3-8(16(2,11)12)5-7(9)6-17(10,13)14/h3-5H,6H2,1-2H3. The molecule has 1 rings (SSSR count). The van der Waals surface area contributed by atoms with Crippen LogP contribution in [-0.2, 0) is 24.6 Å². The molecule has 1 aromatic rings. The predicted molar refractivity (Wildman–Crippen MR) is 64.6 cm³/mol. The first kappa shape index (κ1) is 14.3. The van der Waals surface area contributed by atoms with Crippen LogP contribution in [0.15, 0.2) is 23.1 Å². The number of hydrogen-bond acceptors (Lipinski definition) is 5. The predicted octanol–water partition coefficient (Wildman–Crippen LogP) is 1.17. The van der Waals surface area contributed by atoms with Gasteiger partial charge in [0.25, 0.3) is 0 Å². The van der Waals surface area contributed by atoms with Gasteiger partial charge in [-0.3, -0.25) is 0 Å². The van der Waals surface area contributed by atoms with E-state index in [4.69, 9.17) is 15.4 Å². The molecule has 0 unspecified atom stereocenters. The number of benzene rings is 1. The summed E-state index contributed by atoms with van der Waals surface area (Å²) in [5.74, 6) is -0.206. The van der Waals surface area contributed by atoms with Gasteiger partial charge in [0.05, 0.1) is 17.8 Å². The third kappa shape index (κ3) is 4.18. The Balaban J connectivity index is 3.35. The maximum atomic E-state index is 11.3. The fourth-order valence-electron chi connectivity index (χ4n) is 1.28. The largest absolute Gasteiger partial charge is 0.496 e. The molecule has 0 spiro atoms. The summed E-state index contributed by atoms with van der Waals surface area (Å²) in [6.07, 6.45) is 1.04. The van der Waals surface area contributed by atoms with Crippen LogP contribution in [-0.4, -0.2) is 30.2 Å². The quantitative estimate of drug-likeness (QED) is 0.780. The van der Waals surface area contributed by atoms with Gasteiger partial charge in [0.1, 0.15) is 5.75 Å². The van der Waals surface area contributed by atoms with Crippen LogP contribution in [0.4, 0.5) is 0 Å². The summed E-state index contributed by atoms with van der Waals surface area (Å²) in [6, 6.07) is 3.99. The Hall–Kier alpha value is -0.790. The van der Waals surface area contributed by atoms with Crippen LogP contribution >= 0.6 is 10.7 Å². The van der Waals surface area contributed by atoms with Crippen LogP contribution in [0, 0.1) is 0 Å². The van der Waals surface area contributed by atoms with E-state index < -0.39 is 24.6 Å². The molecule has 0 saturated carbocycles. The van der Waals surface area contributed by atoms with Crippen molar-refractivity contribution in [3.05, 3.63) is 23.8 Å². The van der Waals surface area contributed by atoms with Crippen molar-refractivity contribution in [1.82, 2.24) is 0 Å². The SMILES string of the molecule is COc1ccc(S(C)(=O)=O)cc1CS(=O)(=O)Cl. The van der Waals surface area contributed by atoms with Crippen LogP contribution in [0.3, 0.4) is 0 Å². The Morgan fingerprint density at radius 2 is 1.82 bits per heavy atom. The van der Waals surface area contributed by atoms with Crippen molar-refractivity contribution in [3.8, 4) is 5.75 Å². The summed E-state index contributed by atoms with van der Waals surface area (Å²) in [4.78, 5) is 0.0219. The highest BCUT2D eigenvalue weighted by Gasteiger charge is 2.16. The van der Waals surface area contributed by atoms with Crippen LogP contribution in [0.1, 0.15) is 5.56 Å². The molecule has 96 valence electrons. The molecule has 0 aromatic heterocycles. The van der Waals surface area contributed by atoms with Gasteiger partial charge in [0.15, 0.2) is 9.84 Å². The molecule has 0 aliphatic rings. The van der Waals surface area contributed by atoms with E-state index in [0.717, 1.165) is 6.26 Å². The maximum Gasteiger partial charge on any atom is 0.236 e. The number of hydrogen-bond donors (Lipinski definition) is 0. The van der Waals surface area contributed by atoms with Gasteiger partial charge >= 0.3 is 0 Å². The summed E-state index contributed by atoms with van der Waals surface area (Å²) < 4.78 is 49.6. The van der Waals surface area contributed by atoms with Crippen LogP contribution in [0.25, 0.3) is 0 Å². The Morgan fingerprint density at radius 3 is 2.24 bits per heavy atom. The average molecular weight is 299 g/mol. The van der Waals surface area contributed by atoms with Crippen LogP contribution < -0.4 is 4.74 Å². The van der Waals surface area contributed by atoms with E-state index in [-0.39, 0.29) is 16.2 Å². The zero-order valence-electron chi connectivity index (χ0n) is 9.17. The van der Waals surface area contributed by atoms with Gasteiger partial charge in [-0.05, 0) is 18.2 Å². The first-order chi connectivity index (χ1) is 7.63. The van der Waals surface area contributed by atoms with Gasteiger partial charge in [-0.25, -0.2) is 16.8 Å². The molecule has 0 amide bonds. The van der Waals surface area contributed by atoms with Crippen molar-refractivity contribution >= 4 is 29.6 Å². The second kappa shape index (κ2) is 4.83. The fourth-order valence-corrected chi connectivity index (χ4v) is 2.91. The highest BCUT2D eigenvalue weighted by atomic mass is 35.7. The van der Waals surface area contributed by atoms with Crippen molar-refractivity contribution in [3.63, 3.8) is 0 Å². The summed E-state index contributed by atoms with van der Waals surface area (Å²) in [5.41, 5.74) is 0.213. The fraction of sp³-hybridized carbons (Fsp3) is 0.333. The smallest absolute Gasteiger partial charge is 0.236 e. The summed E-state index contributed by atoms with van der Waals surface area (Å²) in [5, 5.41) is 0. The molecule has 0 aliphatic carbocycles. The summed E-state index contributed by atoms with van der Waals surface area (Å²) >= 11 is 0. The van der Waals surface area contributed by atoms with E-state index in [1.54, 1.807) is 0 Å². The normalized spacial score (nSPS) is 12.4. The van der Waals surface area contributed by atoms with Crippen LogP contribution in [0.5, 0.6) is 5.75 Å². The van der Waals surface area contributed by atoms with Gasteiger partial charge in [0, 0.05) is 22.5 Å². The van der Waals surface area contributed by atoms with Crippen molar-refractivity contribution in [2.45, 2.75) is 10.6 Å². The monoisotopic (exact) mass is 298 g/mol. The third-order valence-electron chi connectivity index (χ3n) is 2.01. The maximum absolute atomic E-state index is 11.3. The molecule has 5 nitrogen and oxygen atoms in total. The molecule has 0 bridgehead atoms. The molecule has 17 heavy (non-hydrogen) atoms. The minimum absolute atomic E-state index is 0.0219. The highest BCUT2D eigenvalue weighted by Crippen LogP contribution is 2.25. The first-order valence-corrected chi connectivity index (χ1v) is 8.80. The third-order valence-corrected chi connectivity index (χ3v) is 4.10. The topological polar surface area (TPSA) is 77.5 Å². The second-order valence-corrected chi connectivity index (χ2v) is 8.22. The van der Waals surface area contributed by atoms with Crippen molar-refractivity contribution in [2.24, 2.45) is 0 Å². The molecule has 0 saturated heterocycles. The molecule has 0 fully saturated rings. The lowest BCUT2D eigenvalue weighted by atomic mass is 10.2. The number of sulfone groups is 1. The molecular formula is C9H11ClO5S2. The number of halogens is 1. The zero-order chi connectivity index (χ0) is 13.3. The zero-order valence-corrected chi connectivity index (χ0v) is 11.6. The number of rotatable bonds is 4. The minimum Gasteiger partial charge on any atom is -0.496 e. The molecule has 0 atom stereocenters. The molecule has 0 heterocycles. The molecular weight excluding hydrogens is 288 g/mol. The van der Waals surface area contributed by atoms with Gasteiger partial charge in [-0.15, -0.1) is 0 Å².